The molecule has 0 bridgehead atoms. The lowest BCUT2D eigenvalue weighted by Gasteiger charge is -2.14. The number of pyridine rings is 1. The van der Waals surface area contributed by atoms with Gasteiger partial charge in [-0.05, 0) is 115 Å². The molecule has 3 aromatic heterocycles. The smallest absolute Gasteiger partial charge is 0.138 e. The van der Waals surface area contributed by atoms with Crippen LogP contribution in [0.1, 0.15) is 0 Å². The first-order valence-electron chi connectivity index (χ1n) is 22.5. The molecule has 3 heterocycles. The van der Waals surface area contributed by atoms with E-state index >= 15 is 0 Å². The molecule has 0 fully saturated rings. The SMILES string of the molecule is c1ccc(-c2ccc(-c3cc(-c4ccc(-c5ccccc5)cc4)nc(-n4c5ccccc5c5cc(-c6cccc7c(-c8ccc9oc%10ccccc%10c9c8)cccc67)ccc54)c3)cc2)cc1. The molecule has 13 rings (SSSR count). The lowest BCUT2D eigenvalue weighted by atomic mass is 9.92. The average molecular weight is 841 g/mol. The second kappa shape index (κ2) is 15.5. The number of furan rings is 1. The Balaban J connectivity index is 0.950. The van der Waals surface area contributed by atoms with Gasteiger partial charge in [0.2, 0.25) is 0 Å². The number of hydrogen-bond donors (Lipinski definition) is 0. The van der Waals surface area contributed by atoms with Gasteiger partial charge in [-0.25, -0.2) is 4.98 Å². The summed E-state index contributed by atoms with van der Waals surface area (Å²) in [5.41, 5.74) is 17.8. The van der Waals surface area contributed by atoms with E-state index in [9.17, 15) is 0 Å². The van der Waals surface area contributed by atoms with Crippen molar-refractivity contribution < 1.29 is 4.42 Å². The maximum Gasteiger partial charge on any atom is 0.138 e. The van der Waals surface area contributed by atoms with Crippen LogP contribution in [0.2, 0.25) is 0 Å². The minimum absolute atomic E-state index is 0.873. The van der Waals surface area contributed by atoms with Crippen molar-refractivity contribution in [1.82, 2.24) is 9.55 Å². The van der Waals surface area contributed by atoms with E-state index < -0.39 is 0 Å². The molecule has 13 aromatic rings. The Morgan fingerprint density at radius 2 is 0.742 bits per heavy atom. The number of nitrogens with zero attached hydrogens (tertiary/aromatic N) is 2. The third kappa shape index (κ3) is 6.40. The highest BCUT2D eigenvalue weighted by molar-refractivity contribution is 6.13. The maximum absolute atomic E-state index is 6.19. The predicted octanol–water partition coefficient (Wildman–Crippen LogP) is 17.2. The van der Waals surface area contributed by atoms with Crippen molar-refractivity contribution in [1.29, 1.82) is 0 Å². The fourth-order valence-electron chi connectivity index (χ4n) is 9.99. The maximum atomic E-state index is 6.19. The predicted molar refractivity (Wildman–Crippen MR) is 276 cm³/mol. The number of benzene rings is 10. The molecule has 0 atom stereocenters. The first kappa shape index (κ1) is 37.7. The quantitative estimate of drug-likeness (QED) is 0.160. The largest absolute Gasteiger partial charge is 0.456 e. The topological polar surface area (TPSA) is 31.0 Å². The van der Waals surface area contributed by atoms with Gasteiger partial charge in [0.25, 0.3) is 0 Å². The summed E-state index contributed by atoms with van der Waals surface area (Å²) in [5, 5.41) is 7.06. The van der Waals surface area contributed by atoms with Crippen LogP contribution in [0.5, 0.6) is 0 Å². The van der Waals surface area contributed by atoms with E-state index in [-0.39, 0.29) is 0 Å². The molecular weight excluding hydrogens is 801 g/mol. The van der Waals surface area contributed by atoms with Crippen molar-refractivity contribution in [3.05, 3.63) is 243 Å². The third-order valence-corrected chi connectivity index (χ3v) is 13.2. The number of para-hydroxylation sites is 2. The van der Waals surface area contributed by atoms with Crippen LogP contribution in [-0.2, 0) is 0 Å². The Bertz CT molecular complexity index is 3850. The lowest BCUT2D eigenvalue weighted by Crippen LogP contribution is -2.00. The monoisotopic (exact) mass is 840 g/mol. The molecule has 308 valence electrons. The van der Waals surface area contributed by atoms with Gasteiger partial charge in [-0.2, -0.15) is 0 Å². The van der Waals surface area contributed by atoms with E-state index in [1.165, 1.54) is 66.1 Å². The van der Waals surface area contributed by atoms with E-state index in [1.807, 2.05) is 12.1 Å². The van der Waals surface area contributed by atoms with Crippen LogP contribution in [0.25, 0.3) is 127 Å². The van der Waals surface area contributed by atoms with Gasteiger partial charge < -0.3 is 4.42 Å². The zero-order valence-electron chi connectivity index (χ0n) is 35.9. The normalized spacial score (nSPS) is 11.6. The molecule has 0 saturated carbocycles. The second-order valence-corrected chi connectivity index (χ2v) is 17.1. The molecule has 3 nitrogen and oxygen atoms in total. The Hall–Kier alpha value is -8.79. The summed E-state index contributed by atoms with van der Waals surface area (Å²) in [4.78, 5) is 5.49. The highest BCUT2D eigenvalue weighted by Crippen LogP contribution is 2.41. The zero-order valence-corrected chi connectivity index (χ0v) is 35.9. The second-order valence-electron chi connectivity index (χ2n) is 17.1. The highest BCUT2D eigenvalue weighted by atomic mass is 16.3. The fraction of sp³-hybridized carbons (Fsp3) is 0. The van der Waals surface area contributed by atoms with Gasteiger partial charge in [0.1, 0.15) is 17.0 Å². The fourth-order valence-corrected chi connectivity index (χ4v) is 9.99. The minimum Gasteiger partial charge on any atom is -0.456 e. The molecule has 0 aliphatic carbocycles. The minimum atomic E-state index is 0.873. The summed E-state index contributed by atoms with van der Waals surface area (Å²) in [6.07, 6.45) is 0. The third-order valence-electron chi connectivity index (χ3n) is 13.2. The van der Waals surface area contributed by atoms with Gasteiger partial charge in [-0.3, -0.25) is 4.57 Å². The van der Waals surface area contributed by atoms with E-state index in [0.717, 1.165) is 61.2 Å². The van der Waals surface area contributed by atoms with E-state index in [0.29, 0.717) is 0 Å². The van der Waals surface area contributed by atoms with Crippen LogP contribution >= 0.6 is 0 Å². The lowest BCUT2D eigenvalue weighted by molar-refractivity contribution is 0.669. The van der Waals surface area contributed by atoms with Crippen molar-refractivity contribution in [3.8, 4) is 72.7 Å². The summed E-state index contributed by atoms with van der Waals surface area (Å²) >= 11 is 0. The first-order chi connectivity index (χ1) is 32.7. The van der Waals surface area contributed by atoms with Crippen molar-refractivity contribution in [2.24, 2.45) is 0 Å². The van der Waals surface area contributed by atoms with E-state index in [2.05, 4.69) is 235 Å². The highest BCUT2D eigenvalue weighted by Gasteiger charge is 2.18. The number of aromatic nitrogens is 2. The summed E-state index contributed by atoms with van der Waals surface area (Å²) in [6, 6.07) is 87.1. The molecule has 3 heteroatoms. The van der Waals surface area contributed by atoms with E-state index in [1.54, 1.807) is 0 Å². The van der Waals surface area contributed by atoms with Gasteiger partial charge in [-0.1, -0.05) is 194 Å². The summed E-state index contributed by atoms with van der Waals surface area (Å²) in [5.74, 6) is 0.873. The average Bonchev–Trinajstić information content (AvgIpc) is 3.94. The molecule has 0 spiro atoms. The van der Waals surface area contributed by atoms with Crippen LogP contribution in [0.4, 0.5) is 0 Å². The Morgan fingerprint density at radius 1 is 0.273 bits per heavy atom. The summed E-state index contributed by atoms with van der Waals surface area (Å²) < 4.78 is 8.53. The van der Waals surface area contributed by atoms with Crippen molar-refractivity contribution >= 4 is 54.5 Å². The molecule has 0 radical (unpaired) electrons. The van der Waals surface area contributed by atoms with Crippen LogP contribution in [0.15, 0.2) is 247 Å². The molecular formula is C63H40N2O. The molecule has 0 unspecified atom stereocenters. The Kier molecular flexibility index (Phi) is 8.85. The Labute approximate surface area is 382 Å². The van der Waals surface area contributed by atoms with Gasteiger partial charge in [0.15, 0.2) is 0 Å². The van der Waals surface area contributed by atoms with Crippen LogP contribution < -0.4 is 0 Å². The number of rotatable bonds is 7. The summed E-state index contributed by atoms with van der Waals surface area (Å²) in [7, 11) is 0. The van der Waals surface area contributed by atoms with Gasteiger partial charge in [0, 0.05) is 27.1 Å². The molecule has 0 saturated heterocycles. The van der Waals surface area contributed by atoms with Crippen molar-refractivity contribution in [3.63, 3.8) is 0 Å². The van der Waals surface area contributed by atoms with Gasteiger partial charge in [-0.15, -0.1) is 0 Å². The summed E-state index contributed by atoms with van der Waals surface area (Å²) in [6.45, 7) is 0. The van der Waals surface area contributed by atoms with Crippen LogP contribution in [0, 0.1) is 0 Å². The zero-order chi connectivity index (χ0) is 43.6. The molecule has 0 N–H and O–H groups in total. The standard InChI is InChI=1S/C63H40N2O/c1-3-13-41(14-4-1)43-25-27-45(28-26-43)49-39-58(46-31-29-44(30-32-46)42-15-5-2-6-16-42)64-63(40-49)65-59-23-9-7-17-54(59)56-37-47(33-35-60(56)65)50-19-11-22-53-51(20-12-21-52(50)53)48-34-36-62-57(38-48)55-18-8-10-24-61(55)66-62/h1-40H. The van der Waals surface area contributed by atoms with Crippen molar-refractivity contribution in [2.75, 3.05) is 0 Å². The molecule has 0 aliphatic rings. The van der Waals surface area contributed by atoms with Crippen LogP contribution in [-0.4, -0.2) is 9.55 Å². The molecule has 10 aromatic carbocycles. The number of fused-ring (bicyclic) bond motifs is 7. The van der Waals surface area contributed by atoms with Gasteiger partial charge in [0.05, 0.1) is 16.7 Å². The first-order valence-corrected chi connectivity index (χ1v) is 22.5. The van der Waals surface area contributed by atoms with Crippen LogP contribution in [0.3, 0.4) is 0 Å². The number of hydrogen-bond acceptors (Lipinski definition) is 2. The molecule has 0 aliphatic heterocycles. The Morgan fingerprint density at radius 3 is 1.41 bits per heavy atom. The molecule has 66 heavy (non-hydrogen) atoms. The van der Waals surface area contributed by atoms with Crippen molar-refractivity contribution in [2.45, 2.75) is 0 Å². The van der Waals surface area contributed by atoms with E-state index in [4.69, 9.17) is 9.40 Å². The van der Waals surface area contributed by atoms with Gasteiger partial charge >= 0.3 is 0 Å². The molecule has 0 amide bonds.